The average molecular weight is 372 g/mol. The number of thiophene rings is 1. The van der Waals surface area contributed by atoms with Crippen LogP contribution in [0.25, 0.3) is 0 Å². The molecule has 2 heterocycles. The van der Waals surface area contributed by atoms with Crippen LogP contribution in [-0.2, 0) is 29.1 Å². The molecule has 1 aromatic heterocycles. The summed E-state index contributed by atoms with van der Waals surface area (Å²) in [5, 5.41) is 6.84. The van der Waals surface area contributed by atoms with Gasteiger partial charge in [-0.2, -0.15) is 0 Å². The van der Waals surface area contributed by atoms with Crippen LogP contribution in [0, 0.1) is 0 Å². The van der Waals surface area contributed by atoms with Crippen LogP contribution in [0.2, 0.25) is 0 Å². The van der Waals surface area contributed by atoms with Gasteiger partial charge in [-0.05, 0) is 29.0 Å². The van der Waals surface area contributed by atoms with Crippen molar-refractivity contribution in [3.05, 3.63) is 57.8 Å². The highest BCUT2D eigenvalue weighted by Crippen LogP contribution is 2.22. The van der Waals surface area contributed by atoms with E-state index in [9.17, 15) is 14.4 Å². The molecule has 4 amide bonds. The molecule has 0 aliphatic carbocycles. The van der Waals surface area contributed by atoms with E-state index in [-0.39, 0.29) is 6.54 Å². The summed E-state index contributed by atoms with van der Waals surface area (Å²) >= 11 is 1.52. The summed E-state index contributed by atoms with van der Waals surface area (Å²) in [5.74, 6) is -0.950. The number of imide groups is 1. The van der Waals surface area contributed by atoms with Gasteiger partial charge in [-0.1, -0.05) is 30.3 Å². The molecule has 7 nitrogen and oxygen atoms in total. The number of hydrogen-bond donors (Lipinski definition) is 3. The molecule has 4 N–H and O–H groups in total. The maximum atomic E-state index is 12.2. The van der Waals surface area contributed by atoms with Gasteiger partial charge in [0, 0.05) is 11.4 Å². The molecule has 8 heteroatoms. The van der Waals surface area contributed by atoms with E-state index < -0.39 is 23.9 Å². The second kappa shape index (κ2) is 8.11. The van der Waals surface area contributed by atoms with Crippen molar-refractivity contribution in [3.8, 4) is 0 Å². The lowest BCUT2D eigenvalue weighted by atomic mass is 9.93. The fraction of sp³-hybridized carbons (Fsp3) is 0.278. The predicted octanol–water partition coefficient (Wildman–Crippen LogP) is 0.986. The Hall–Kier alpha value is -2.71. The van der Waals surface area contributed by atoms with E-state index in [1.807, 2.05) is 41.8 Å². The quantitative estimate of drug-likeness (QED) is 0.728. The Bertz CT molecular complexity index is 807. The first-order valence-electron chi connectivity index (χ1n) is 8.23. The van der Waals surface area contributed by atoms with Crippen molar-refractivity contribution < 1.29 is 14.4 Å². The maximum absolute atomic E-state index is 12.2. The Kier molecular flexibility index (Phi) is 5.65. The Labute approximate surface area is 155 Å². The first-order valence-corrected chi connectivity index (χ1v) is 9.11. The topological polar surface area (TPSA) is 105 Å². The number of nitrogens with two attached hydrogens (primary N) is 1. The van der Waals surface area contributed by atoms with Crippen LogP contribution >= 0.6 is 11.3 Å². The first-order chi connectivity index (χ1) is 12.5. The maximum Gasteiger partial charge on any atom is 0.321 e. The number of fused-ring (bicyclic) bond motifs is 1. The van der Waals surface area contributed by atoms with E-state index in [0.29, 0.717) is 19.5 Å². The molecule has 0 unspecified atom stereocenters. The summed E-state index contributed by atoms with van der Waals surface area (Å²) in [6.45, 7) is 0.722. The van der Waals surface area contributed by atoms with Crippen LogP contribution < -0.4 is 16.4 Å². The summed E-state index contributed by atoms with van der Waals surface area (Å²) in [6, 6.07) is 10.4. The lowest BCUT2D eigenvalue weighted by Gasteiger charge is -2.34. The number of carbonyl (C=O) groups is 3. The second-order valence-electron chi connectivity index (χ2n) is 6.11. The zero-order chi connectivity index (χ0) is 18.5. The zero-order valence-electron chi connectivity index (χ0n) is 14.1. The minimum Gasteiger partial charge on any atom is -0.368 e. The number of rotatable bonds is 5. The van der Waals surface area contributed by atoms with E-state index >= 15 is 0 Å². The van der Waals surface area contributed by atoms with Crippen LogP contribution in [0.15, 0.2) is 41.8 Å². The van der Waals surface area contributed by atoms with Crippen LogP contribution in [0.3, 0.4) is 0 Å². The second-order valence-corrected chi connectivity index (χ2v) is 7.14. The summed E-state index contributed by atoms with van der Waals surface area (Å²) < 4.78 is 0. The van der Waals surface area contributed by atoms with E-state index in [0.717, 1.165) is 16.0 Å². The van der Waals surface area contributed by atoms with E-state index in [2.05, 4.69) is 10.6 Å². The van der Waals surface area contributed by atoms with Gasteiger partial charge in [0.25, 0.3) is 0 Å². The molecule has 0 saturated carbocycles. The third-order valence-corrected chi connectivity index (χ3v) is 5.15. The van der Waals surface area contributed by atoms with Gasteiger partial charge in [-0.3, -0.25) is 19.8 Å². The highest BCUT2D eigenvalue weighted by molar-refractivity contribution is 7.09. The summed E-state index contributed by atoms with van der Waals surface area (Å²) in [7, 11) is 0. The molecule has 26 heavy (non-hydrogen) atoms. The van der Waals surface area contributed by atoms with Crippen molar-refractivity contribution in [1.82, 2.24) is 15.5 Å². The lowest BCUT2D eigenvalue weighted by molar-refractivity contribution is -0.127. The molecular weight excluding hydrogens is 352 g/mol. The zero-order valence-corrected chi connectivity index (χ0v) is 14.9. The molecule has 1 aliphatic rings. The number of carbonyl (C=O) groups excluding carboxylic acids is 3. The van der Waals surface area contributed by atoms with Gasteiger partial charge in [0.1, 0.15) is 0 Å². The molecular formula is C18H20N4O3S. The van der Waals surface area contributed by atoms with E-state index in [1.54, 1.807) is 4.90 Å². The molecule has 0 saturated heterocycles. The van der Waals surface area contributed by atoms with Crippen molar-refractivity contribution >= 4 is 29.2 Å². The molecule has 136 valence electrons. The molecule has 0 spiro atoms. The lowest BCUT2D eigenvalue weighted by Crippen LogP contribution is -2.53. The number of nitrogens with zero attached hydrogens (tertiary/aromatic N) is 1. The van der Waals surface area contributed by atoms with Gasteiger partial charge < -0.3 is 11.1 Å². The van der Waals surface area contributed by atoms with Crippen LogP contribution in [0.5, 0.6) is 0 Å². The van der Waals surface area contributed by atoms with Gasteiger partial charge >= 0.3 is 6.03 Å². The van der Waals surface area contributed by atoms with Gasteiger partial charge in [0.2, 0.25) is 11.8 Å². The van der Waals surface area contributed by atoms with Gasteiger partial charge in [0.05, 0.1) is 19.1 Å². The molecule has 0 radical (unpaired) electrons. The number of hydrogen-bond acceptors (Lipinski definition) is 5. The monoisotopic (exact) mass is 372 g/mol. The number of primary amides is 1. The predicted molar refractivity (Wildman–Crippen MR) is 98.2 cm³/mol. The van der Waals surface area contributed by atoms with Gasteiger partial charge in [-0.25, -0.2) is 4.79 Å². The largest absolute Gasteiger partial charge is 0.368 e. The normalized spacial score (nSPS) is 16.5. The van der Waals surface area contributed by atoms with Crippen molar-refractivity contribution in [2.75, 3.05) is 6.54 Å². The van der Waals surface area contributed by atoms with E-state index in [1.165, 1.54) is 11.3 Å². The van der Waals surface area contributed by atoms with E-state index in [4.69, 9.17) is 5.73 Å². The highest BCUT2D eigenvalue weighted by Gasteiger charge is 2.31. The molecule has 3 rings (SSSR count). The summed E-state index contributed by atoms with van der Waals surface area (Å²) in [5.41, 5.74) is 7.62. The molecule has 0 bridgehead atoms. The minimum absolute atomic E-state index is 0.0750. The fourth-order valence-electron chi connectivity index (χ4n) is 3.00. The smallest absolute Gasteiger partial charge is 0.321 e. The standard InChI is InChI=1S/C18H20N4O3S/c19-17(24)15-8-12-4-1-2-5-13(12)10-22(15)11-16(23)21-18(25)20-9-14-6-3-7-26-14/h1-7,15H,8-11H2,(H2,19,24)(H2,20,21,23,25)/t15-/m0/s1. The molecule has 2 aromatic rings. The van der Waals surface area contributed by atoms with Crippen molar-refractivity contribution in [1.29, 1.82) is 0 Å². The first kappa shape index (κ1) is 18.1. The Morgan fingerprint density at radius 2 is 1.92 bits per heavy atom. The number of benzene rings is 1. The number of amides is 4. The van der Waals surface area contributed by atoms with Crippen LogP contribution in [-0.4, -0.2) is 35.3 Å². The summed E-state index contributed by atoms with van der Waals surface area (Å²) in [4.78, 5) is 38.5. The fourth-order valence-corrected chi connectivity index (χ4v) is 3.64. The van der Waals surface area contributed by atoms with Gasteiger partial charge in [-0.15, -0.1) is 11.3 Å². The highest BCUT2D eigenvalue weighted by atomic mass is 32.1. The minimum atomic E-state index is -0.565. The van der Waals surface area contributed by atoms with Crippen LogP contribution in [0.1, 0.15) is 16.0 Å². The van der Waals surface area contributed by atoms with Gasteiger partial charge in [0.15, 0.2) is 0 Å². The molecule has 1 aromatic carbocycles. The molecule has 1 atom stereocenters. The number of nitrogens with one attached hydrogen (secondary N) is 2. The summed E-state index contributed by atoms with van der Waals surface area (Å²) in [6.07, 6.45) is 0.462. The number of urea groups is 1. The molecule has 1 aliphatic heterocycles. The van der Waals surface area contributed by atoms with Crippen LogP contribution in [0.4, 0.5) is 4.79 Å². The Balaban J connectivity index is 1.56. The van der Waals surface area contributed by atoms with Crippen molar-refractivity contribution in [3.63, 3.8) is 0 Å². The van der Waals surface area contributed by atoms with Crippen molar-refractivity contribution in [2.45, 2.75) is 25.6 Å². The third kappa shape index (κ3) is 4.47. The Morgan fingerprint density at radius 1 is 1.15 bits per heavy atom. The van der Waals surface area contributed by atoms with Crippen molar-refractivity contribution in [2.24, 2.45) is 5.73 Å². The average Bonchev–Trinajstić information content (AvgIpc) is 3.12. The molecule has 0 fully saturated rings. The third-order valence-electron chi connectivity index (χ3n) is 4.28. The SMILES string of the molecule is NC(=O)[C@@H]1Cc2ccccc2CN1CC(=O)NC(=O)NCc1cccs1. The Morgan fingerprint density at radius 3 is 2.62 bits per heavy atom.